The standard InChI is InChI=1S/C14H19F2N3O2S.HI/c1-20-11-3-2-10(8-12(11)21-13(15)16)9-18-14(17)19-4-6-22-7-5-19;/h2-3,8,13H,4-7,9H2,1H3,(H2,17,18);1H. The lowest BCUT2D eigenvalue weighted by molar-refractivity contribution is -0.0512. The van der Waals surface area contributed by atoms with Gasteiger partial charge in [-0.2, -0.15) is 20.5 Å². The number of hydrogen-bond acceptors (Lipinski definition) is 4. The summed E-state index contributed by atoms with van der Waals surface area (Å²) < 4.78 is 34.2. The molecule has 1 fully saturated rings. The summed E-state index contributed by atoms with van der Waals surface area (Å²) in [5, 5.41) is 0. The second kappa shape index (κ2) is 10.0. The molecule has 0 aromatic heterocycles. The minimum Gasteiger partial charge on any atom is -0.493 e. The molecule has 2 rings (SSSR count). The number of hydrogen-bond donors (Lipinski definition) is 1. The number of guanidine groups is 1. The Bertz CT molecular complexity index is 529. The number of methoxy groups -OCH3 is 1. The van der Waals surface area contributed by atoms with E-state index in [2.05, 4.69) is 9.73 Å². The van der Waals surface area contributed by atoms with Gasteiger partial charge in [-0.05, 0) is 17.7 Å². The first kappa shape index (κ1) is 20.1. The van der Waals surface area contributed by atoms with E-state index in [1.54, 1.807) is 12.1 Å². The Labute approximate surface area is 155 Å². The number of aliphatic imine (C=N–C) groups is 1. The van der Waals surface area contributed by atoms with Crippen molar-refractivity contribution in [3.63, 3.8) is 0 Å². The smallest absolute Gasteiger partial charge is 0.387 e. The van der Waals surface area contributed by atoms with E-state index in [1.807, 2.05) is 16.7 Å². The molecule has 2 N–H and O–H groups in total. The highest BCUT2D eigenvalue weighted by Crippen LogP contribution is 2.29. The van der Waals surface area contributed by atoms with E-state index in [1.165, 1.54) is 13.2 Å². The first-order valence-corrected chi connectivity index (χ1v) is 8.00. The maximum atomic E-state index is 12.4. The van der Waals surface area contributed by atoms with Gasteiger partial charge in [0, 0.05) is 24.6 Å². The normalized spacial score (nSPS) is 15.3. The molecule has 1 aromatic rings. The number of nitrogens with zero attached hydrogens (tertiary/aromatic N) is 2. The topological polar surface area (TPSA) is 60.1 Å². The average molecular weight is 459 g/mol. The summed E-state index contributed by atoms with van der Waals surface area (Å²) in [4.78, 5) is 6.35. The van der Waals surface area contributed by atoms with E-state index in [4.69, 9.17) is 10.5 Å². The van der Waals surface area contributed by atoms with Gasteiger partial charge in [0.25, 0.3) is 0 Å². The number of benzene rings is 1. The average Bonchev–Trinajstić information content (AvgIpc) is 2.53. The second-order valence-electron chi connectivity index (χ2n) is 4.64. The zero-order valence-corrected chi connectivity index (χ0v) is 15.9. The largest absolute Gasteiger partial charge is 0.493 e. The molecular weight excluding hydrogens is 439 g/mol. The van der Waals surface area contributed by atoms with Crippen LogP contribution in [0.2, 0.25) is 0 Å². The van der Waals surface area contributed by atoms with Gasteiger partial charge >= 0.3 is 6.61 Å². The van der Waals surface area contributed by atoms with Crippen molar-refractivity contribution in [1.29, 1.82) is 0 Å². The number of nitrogens with two attached hydrogens (primary N) is 1. The van der Waals surface area contributed by atoms with Gasteiger partial charge in [0.05, 0.1) is 13.7 Å². The highest BCUT2D eigenvalue weighted by atomic mass is 127. The molecule has 9 heteroatoms. The van der Waals surface area contributed by atoms with Crippen molar-refractivity contribution < 1.29 is 18.3 Å². The molecule has 130 valence electrons. The van der Waals surface area contributed by atoms with Crippen molar-refractivity contribution in [3.05, 3.63) is 23.8 Å². The summed E-state index contributed by atoms with van der Waals surface area (Å²) in [6.45, 7) is -0.840. The summed E-state index contributed by atoms with van der Waals surface area (Å²) >= 11 is 1.89. The predicted molar refractivity (Wildman–Crippen MR) is 99.3 cm³/mol. The van der Waals surface area contributed by atoms with Crippen LogP contribution in [0.15, 0.2) is 23.2 Å². The molecule has 0 unspecified atom stereocenters. The van der Waals surface area contributed by atoms with E-state index >= 15 is 0 Å². The van der Waals surface area contributed by atoms with Crippen LogP contribution in [-0.4, -0.2) is 49.2 Å². The van der Waals surface area contributed by atoms with Gasteiger partial charge in [-0.1, -0.05) is 6.07 Å². The lowest BCUT2D eigenvalue weighted by Crippen LogP contribution is -2.42. The van der Waals surface area contributed by atoms with Crippen molar-refractivity contribution in [2.75, 3.05) is 31.7 Å². The molecule has 0 bridgehead atoms. The minimum absolute atomic E-state index is 0. The Kier molecular flexibility index (Phi) is 8.74. The Morgan fingerprint density at radius 2 is 2.04 bits per heavy atom. The SMILES string of the molecule is COc1ccc(CN=C(N)N2CCSCC2)cc1OC(F)F.I. The maximum absolute atomic E-state index is 12.4. The van der Waals surface area contributed by atoms with Crippen molar-refractivity contribution in [3.8, 4) is 11.5 Å². The number of rotatable bonds is 5. The summed E-state index contributed by atoms with van der Waals surface area (Å²) in [5.74, 6) is 2.80. The highest BCUT2D eigenvalue weighted by molar-refractivity contribution is 14.0. The number of ether oxygens (including phenoxy) is 2. The molecule has 0 spiro atoms. The molecule has 0 amide bonds. The molecular formula is C14H20F2IN3O2S. The quantitative estimate of drug-likeness (QED) is 0.417. The van der Waals surface area contributed by atoms with Gasteiger partial charge in [-0.3, -0.25) is 0 Å². The van der Waals surface area contributed by atoms with Gasteiger partial charge in [0.1, 0.15) is 0 Å². The van der Waals surface area contributed by atoms with Gasteiger partial charge in [0.2, 0.25) is 0 Å². The Morgan fingerprint density at radius 1 is 1.35 bits per heavy atom. The van der Waals surface area contributed by atoms with Gasteiger partial charge in [0.15, 0.2) is 17.5 Å². The minimum atomic E-state index is -2.90. The lowest BCUT2D eigenvalue weighted by Gasteiger charge is -2.27. The van der Waals surface area contributed by atoms with Crippen molar-refractivity contribution in [1.82, 2.24) is 4.90 Å². The molecule has 1 heterocycles. The predicted octanol–water partition coefficient (Wildman–Crippen LogP) is 2.78. The fourth-order valence-corrected chi connectivity index (χ4v) is 2.98. The van der Waals surface area contributed by atoms with Gasteiger partial charge in [-0.25, -0.2) is 4.99 Å². The molecule has 1 aromatic carbocycles. The summed E-state index contributed by atoms with van der Waals surface area (Å²) in [6, 6.07) is 4.82. The molecule has 5 nitrogen and oxygen atoms in total. The lowest BCUT2D eigenvalue weighted by atomic mass is 10.2. The Balaban J connectivity index is 0.00000264. The van der Waals surface area contributed by atoms with Gasteiger partial charge in [-0.15, -0.1) is 24.0 Å². The third-order valence-electron chi connectivity index (χ3n) is 3.20. The maximum Gasteiger partial charge on any atom is 0.387 e. The molecule has 1 aliphatic rings. The van der Waals surface area contributed by atoms with Crippen LogP contribution in [-0.2, 0) is 6.54 Å². The number of halogens is 3. The zero-order valence-electron chi connectivity index (χ0n) is 12.7. The van der Waals surface area contributed by atoms with Crippen LogP contribution >= 0.6 is 35.7 Å². The first-order chi connectivity index (χ1) is 10.6. The van der Waals surface area contributed by atoms with Crippen LogP contribution in [0.5, 0.6) is 11.5 Å². The third-order valence-corrected chi connectivity index (χ3v) is 4.15. The fourth-order valence-electron chi connectivity index (χ4n) is 2.07. The van der Waals surface area contributed by atoms with Crippen LogP contribution in [0.25, 0.3) is 0 Å². The monoisotopic (exact) mass is 459 g/mol. The Morgan fingerprint density at radius 3 is 2.65 bits per heavy atom. The van der Waals surface area contributed by atoms with Crippen LogP contribution in [0.3, 0.4) is 0 Å². The van der Waals surface area contributed by atoms with E-state index in [9.17, 15) is 8.78 Å². The summed E-state index contributed by atoms with van der Waals surface area (Å²) in [6.07, 6.45) is 0. The fraction of sp³-hybridized carbons (Fsp3) is 0.500. The highest BCUT2D eigenvalue weighted by Gasteiger charge is 2.13. The molecule has 0 aliphatic carbocycles. The number of thioether (sulfide) groups is 1. The first-order valence-electron chi connectivity index (χ1n) is 6.84. The van der Waals surface area contributed by atoms with E-state index in [-0.39, 0.29) is 35.5 Å². The van der Waals surface area contributed by atoms with E-state index in [0.29, 0.717) is 12.5 Å². The molecule has 23 heavy (non-hydrogen) atoms. The number of alkyl halides is 2. The van der Waals surface area contributed by atoms with Crippen molar-refractivity contribution >= 4 is 41.7 Å². The van der Waals surface area contributed by atoms with Crippen LogP contribution in [0.4, 0.5) is 8.78 Å². The van der Waals surface area contributed by atoms with Gasteiger partial charge < -0.3 is 20.1 Å². The molecule has 0 saturated carbocycles. The molecule has 1 saturated heterocycles. The molecule has 1 aliphatic heterocycles. The van der Waals surface area contributed by atoms with E-state index in [0.717, 1.165) is 30.2 Å². The summed E-state index contributed by atoms with van der Waals surface area (Å²) in [7, 11) is 1.40. The zero-order chi connectivity index (χ0) is 15.9. The Hall–Kier alpha value is -0.970. The van der Waals surface area contributed by atoms with Crippen LogP contribution in [0, 0.1) is 0 Å². The van der Waals surface area contributed by atoms with Crippen LogP contribution < -0.4 is 15.2 Å². The second-order valence-corrected chi connectivity index (χ2v) is 5.86. The van der Waals surface area contributed by atoms with Crippen molar-refractivity contribution in [2.45, 2.75) is 13.2 Å². The third kappa shape index (κ3) is 6.21. The summed E-state index contributed by atoms with van der Waals surface area (Å²) in [5.41, 5.74) is 6.69. The van der Waals surface area contributed by atoms with Crippen molar-refractivity contribution in [2.24, 2.45) is 10.7 Å². The van der Waals surface area contributed by atoms with Crippen LogP contribution in [0.1, 0.15) is 5.56 Å². The molecule has 0 radical (unpaired) electrons. The van der Waals surface area contributed by atoms with E-state index < -0.39 is 6.61 Å². The molecule has 0 atom stereocenters.